The van der Waals surface area contributed by atoms with E-state index in [0.29, 0.717) is 10.6 Å². The summed E-state index contributed by atoms with van der Waals surface area (Å²) < 4.78 is 8.51. The molecule has 3 aromatic rings. The SMILES string of the molecule is CC(Nc1c(Cl)ccc2nsnc12)c1cccc(C#N)c1. The fourth-order valence-electron chi connectivity index (χ4n) is 2.14. The molecule has 0 saturated carbocycles. The molecule has 4 nitrogen and oxygen atoms in total. The van der Waals surface area contributed by atoms with Crippen molar-refractivity contribution in [2.24, 2.45) is 0 Å². The summed E-state index contributed by atoms with van der Waals surface area (Å²) in [5.74, 6) is 0. The van der Waals surface area contributed by atoms with E-state index in [1.54, 1.807) is 6.07 Å². The number of hydrogen-bond acceptors (Lipinski definition) is 5. The molecule has 0 bridgehead atoms. The van der Waals surface area contributed by atoms with Gasteiger partial charge in [-0.2, -0.15) is 14.0 Å². The van der Waals surface area contributed by atoms with E-state index in [4.69, 9.17) is 16.9 Å². The Morgan fingerprint density at radius 2 is 2.14 bits per heavy atom. The van der Waals surface area contributed by atoms with Crippen LogP contribution in [0.1, 0.15) is 24.1 Å². The zero-order valence-electron chi connectivity index (χ0n) is 11.2. The third kappa shape index (κ3) is 2.68. The maximum absolute atomic E-state index is 8.98. The van der Waals surface area contributed by atoms with Gasteiger partial charge in [0.25, 0.3) is 0 Å². The molecule has 3 rings (SSSR count). The average Bonchev–Trinajstić information content (AvgIpc) is 2.99. The number of aromatic nitrogens is 2. The van der Waals surface area contributed by atoms with E-state index in [1.807, 2.05) is 37.3 Å². The Morgan fingerprint density at radius 3 is 2.95 bits per heavy atom. The average molecular weight is 315 g/mol. The van der Waals surface area contributed by atoms with Gasteiger partial charge in [0.15, 0.2) is 0 Å². The first-order valence-electron chi connectivity index (χ1n) is 6.36. The molecule has 1 N–H and O–H groups in total. The van der Waals surface area contributed by atoms with Crippen LogP contribution in [0.4, 0.5) is 5.69 Å². The minimum atomic E-state index is 0.00287. The predicted molar refractivity (Wildman–Crippen MR) is 85.6 cm³/mol. The number of fused-ring (bicyclic) bond motifs is 1. The van der Waals surface area contributed by atoms with Crippen LogP contribution in [-0.4, -0.2) is 8.75 Å². The topological polar surface area (TPSA) is 61.6 Å². The summed E-state index contributed by atoms with van der Waals surface area (Å²) in [6, 6.07) is 13.3. The van der Waals surface area contributed by atoms with Crippen LogP contribution in [-0.2, 0) is 0 Å². The van der Waals surface area contributed by atoms with Gasteiger partial charge in [0.2, 0.25) is 0 Å². The molecule has 6 heteroatoms. The lowest BCUT2D eigenvalue weighted by Crippen LogP contribution is -2.07. The van der Waals surface area contributed by atoms with Crippen molar-refractivity contribution in [3.8, 4) is 6.07 Å². The highest BCUT2D eigenvalue weighted by atomic mass is 35.5. The highest BCUT2D eigenvalue weighted by molar-refractivity contribution is 7.00. The Labute approximate surface area is 131 Å². The largest absolute Gasteiger partial charge is 0.375 e. The summed E-state index contributed by atoms with van der Waals surface area (Å²) in [5.41, 5.74) is 4.03. The van der Waals surface area contributed by atoms with Crippen LogP contribution in [0.3, 0.4) is 0 Å². The normalized spacial score (nSPS) is 12.0. The van der Waals surface area contributed by atoms with Gasteiger partial charge in [0.05, 0.1) is 34.1 Å². The Hall–Kier alpha value is -2.16. The molecule has 0 amide bonds. The van der Waals surface area contributed by atoms with Gasteiger partial charge < -0.3 is 5.32 Å². The van der Waals surface area contributed by atoms with E-state index in [0.717, 1.165) is 34.0 Å². The quantitative estimate of drug-likeness (QED) is 0.778. The number of benzene rings is 2. The fourth-order valence-corrected chi connectivity index (χ4v) is 2.89. The maximum atomic E-state index is 8.98. The van der Waals surface area contributed by atoms with E-state index < -0.39 is 0 Å². The van der Waals surface area contributed by atoms with Crippen LogP contribution in [0.15, 0.2) is 36.4 Å². The Morgan fingerprint density at radius 1 is 1.29 bits per heavy atom. The lowest BCUT2D eigenvalue weighted by Gasteiger charge is -2.17. The second-order valence-corrected chi connectivity index (χ2v) is 5.59. The van der Waals surface area contributed by atoms with Gasteiger partial charge in [0.1, 0.15) is 11.0 Å². The molecule has 2 aromatic carbocycles. The summed E-state index contributed by atoms with van der Waals surface area (Å²) in [6.45, 7) is 2.02. The fraction of sp³-hybridized carbons (Fsp3) is 0.133. The van der Waals surface area contributed by atoms with Gasteiger partial charge in [-0.15, -0.1) is 0 Å². The first-order valence-corrected chi connectivity index (χ1v) is 7.47. The summed E-state index contributed by atoms with van der Waals surface area (Å²) >= 11 is 7.44. The number of nitrogens with zero attached hydrogens (tertiary/aromatic N) is 3. The Bertz CT molecular complexity index is 837. The third-order valence-electron chi connectivity index (χ3n) is 3.25. The van der Waals surface area contributed by atoms with Gasteiger partial charge in [-0.05, 0) is 36.8 Å². The molecule has 0 radical (unpaired) electrons. The van der Waals surface area contributed by atoms with Crippen molar-refractivity contribution in [3.63, 3.8) is 0 Å². The van der Waals surface area contributed by atoms with Crippen molar-refractivity contribution in [3.05, 3.63) is 52.5 Å². The number of hydrogen-bond donors (Lipinski definition) is 1. The molecule has 104 valence electrons. The van der Waals surface area contributed by atoms with Crippen LogP contribution in [0.2, 0.25) is 5.02 Å². The van der Waals surface area contributed by atoms with Gasteiger partial charge in [0, 0.05) is 6.04 Å². The van der Waals surface area contributed by atoms with Gasteiger partial charge in [-0.25, -0.2) is 0 Å². The zero-order valence-corrected chi connectivity index (χ0v) is 12.7. The minimum Gasteiger partial charge on any atom is -0.375 e. The van der Waals surface area contributed by atoms with Crippen molar-refractivity contribution in [2.75, 3.05) is 5.32 Å². The number of halogens is 1. The monoisotopic (exact) mass is 314 g/mol. The minimum absolute atomic E-state index is 0.00287. The molecule has 0 saturated heterocycles. The zero-order chi connectivity index (χ0) is 14.8. The highest BCUT2D eigenvalue weighted by Gasteiger charge is 2.13. The van der Waals surface area contributed by atoms with Crippen molar-refractivity contribution < 1.29 is 0 Å². The lowest BCUT2D eigenvalue weighted by atomic mass is 10.1. The molecule has 0 aliphatic rings. The smallest absolute Gasteiger partial charge is 0.129 e. The van der Waals surface area contributed by atoms with Crippen LogP contribution < -0.4 is 5.32 Å². The van der Waals surface area contributed by atoms with Gasteiger partial charge in [-0.3, -0.25) is 0 Å². The molecular formula is C15H11ClN4S. The second kappa shape index (κ2) is 5.68. The number of rotatable bonds is 3. The van der Waals surface area contributed by atoms with Crippen molar-refractivity contribution in [1.29, 1.82) is 5.26 Å². The third-order valence-corrected chi connectivity index (χ3v) is 4.11. The predicted octanol–water partition coefficient (Wildman–Crippen LogP) is 4.39. The van der Waals surface area contributed by atoms with E-state index >= 15 is 0 Å². The molecule has 0 aliphatic carbocycles. The van der Waals surface area contributed by atoms with Crippen molar-refractivity contribution >= 4 is 40.0 Å². The molecule has 1 atom stereocenters. The van der Waals surface area contributed by atoms with Crippen LogP contribution in [0.5, 0.6) is 0 Å². The highest BCUT2D eigenvalue weighted by Crippen LogP contribution is 2.32. The molecule has 1 aromatic heterocycles. The number of nitriles is 1. The molecule has 0 aliphatic heterocycles. The molecule has 21 heavy (non-hydrogen) atoms. The van der Waals surface area contributed by atoms with Gasteiger partial charge >= 0.3 is 0 Å². The summed E-state index contributed by atoms with van der Waals surface area (Å²) in [5, 5.41) is 13.0. The first-order chi connectivity index (χ1) is 10.2. The molecule has 1 unspecified atom stereocenters. The van der Waals surface area contributed by atoms with Crippen LogP contribution >= 0.6 is 23.3 Å². The van der Waals surface area contributed by atoms with Crippen molar-refractivity contribution in [2.45, 2.75) is 13.0 Å². The number of nitrogens with one attached hydrogen (secondary N) is 1. The summed E-state index contributed by atoms with van der Waals surface area (Å²) in [4.78, 5) is 0. The number of anilines is 1. The van der Waals surface area contributed by atoms with E-state index in [2.05, 4.69) is 20.1 Å². The van der Waals surface area contributed by atoms with Gasteiger partial charge in [-0.1, -0.05) is 23.7 Å². The Kier molecular flexibility index (Phi) is 3.74. The molecule has 1 heterocycles. The van der Waals surface area contributed by atoms with E-state index in [-0.39, 0.29) is 6.04 Å². The van der Waals surface area contributed by atoms with E-state index in [9.17, 15) is 0 Å². The molecule has 0 fully saturated rings. The molecule has 0 spiro atoms. The molecular weight excluding hydrogens is 304 g/mol. The second-order valence-electron chi connectivity index (χ2n) is 4.66. The van der Waals surface area contributed by atoms with Crippen LogP contribution in [0, 0.1) is 11.3 Å². The lowest BCUT2D eigenvalue weighted by molar-refractivity contribution is 0.886. The summed E-state index contributed by atoms with van der Waals surface area (Å²) in [6.07, 6.45) is 0. The van der Waals surface area contributed by atoms with Crippen LogP contribution in [0.25, 0.3) is 11.0 Å². The van der Waals surface area contributed by atoms with Crippen molar-refractivity contribution in [1.82, 2.24) is 8.75 Å². The maximum Gasteiger partial charge on any atom is 0.129 e. The van der Waals surface area contributed by atoms with E-state index in [1.165, 1.54) is 0 Å². The standard InChI is InChI=1S/C15H11ClN4S/c1-9(11-4-2-3-10(7-11)8-17)18-14-12(16)5-6-13-15(14)20-21-19-13/h2-7,9,18H,1H3. The first kappa shape index (κ1) is 13.8. The summed E-state index contributed by atoms with van der Waals surface area (Å²) in [7, 11) is 0. The Balaban J connectivity index is 1.96.